The van der Waals surface area contributed by atoms with E-state index in [1.54, 1.807) is 0 Å². The summed E-state index contributed by atoms with van der Waals surface area (Å²) in [6.07, 6.45) is 5.28. The molecule has 0 saturated heterocycles. The molecule has 0 bridgehead atoms. The fraction of sp³-hybridized carbons (Fsp3) is 0.167. The predicted octanol–water partition coefficient (Wildman–Crippen LogP) is 4.73. The van der Waals surface area contributed by atoms with E-state index in [1.807, 2.05) is 30.3 Å². The number of allylic oxidation sites excluding steroid dienone is 1. The molecule has 19 heavy (non-hydrogen) atoms. The molecule has 1 heteroatoms. The molecule has 0 atom stereocenters. The van der Waals surface area contributed by atoms with E-state index < -0.39 is 0 Å². The van der Waals surface area contributed by atoms with Crippen molar-refractivity contribution in [2.75, 3.05) is 0 Å². The molecule has 1 nitrogen and oxygen atoms in total. The van der Waals surface area contributed by atoms with Gasteiger partial charge in [-0.2, -0.15) is 5.26 Å². The van der Waals surface area contributed by atoms with Crippen molar-refractivity contribution < 1.29 is 0 Å². The van der Waals surface area contributed by atoms with Crippen molar-refractivity contribution in [3.05, 3.63) is 72.3 Å². The fourth-order valence-corrected chi connectivity index (χ4v) is 2.05. The molecule has 2 rings (SSSR count). The van der Waals surface area contributed by atoms with Crippen LogP contribution in [0, 0.1) is 11.3 Å². The molecular formula is C18H17N. The van der Waals surface area contributed by atoms with Crippen LogP contribution >= 0.6 is 0 Å². The standard InChI is InChI=1S/C18H17N/c1-2-3-4-5-15-6-10-17(11-7-15)18-12-8-16(14-19)9-13-18/h2,6-13H,1,3-5H2. The molecule has 0 aliphatic heterocycles. The van der Waals surface area contributed by atoms with Gasteiger partial charge in [-0.25, -0.2) is 0 Å². The third kappa shape index (κ3) is 3.56. The van der Waals surface area contributed by atoms with Gasteiger partial charge in [0.15, 0.2) is 0 Å². The van der Waals surface area contributed by atoms with Gasteiger partial charge in [-0.15, -0.1) is 6.58 Å². The first-order valence-electron chi connectivity index (χ1n) is 6.54. The smallest absolute Gasteiger partial charge is 0.0991 e. The molecule has 0 spiro atoms. The molecule has 0 aliphatic rings. The maximum atomic E-state index is 8.78. The molecule has 0 unspecified atom stereocenters. The maximum Gasteiger partial charge on any atom is 0.0991 e. The third-order valence-corrected chi connectivity index (χ3v) is 3.17. The molecule has 0 aromatic heterocycles. The molecule has 0 radical (unpaired) electrons. The van der Waals surface area contributed by atoms with E-state index in [4.69, 9.17) is 5.26 Å². The van der Waals surface area contributed by atoms with Crippen LogP contribution < -0.4 is 0 Å². The molecule has 0 N–H and O–H groups in total. The molecule has 94 valence electrons. The Hall–Kier alpha value is -2.33. The van der Waals surface area contributed by atoms with Crippen molar-refractivity contribution in [3.63, 3.8) is 0 Å². The second-order valence-electron chi connectivity index (χ2n) is 4.57. The van der Waals surface area contributed by atoms with Crippen LogP contribution in [0.25, 0.3) is 11.1 Å². The Bertz CT molecular complexity index is 571. The lowest BCUT2D eigenvalue weighted by molar-refractivity contribution is 0.844. The number of rotatable bonds is 5. The lowest BCUT2D eigenvalue weighted by Crippen LogP contribution is -1.85. The Balaban J connectivity index is 2.08. The summed E-state index contributed by atoms with van der Waals surface area (Å²) >= 11 is 0. The normalized spacial score (nSPS) is 9.84. The third-order valence-electron chi connectivity index (χ3n) is 3.17. The lowest BCUT2D eigenvalue weighted by atomic mass is 10.0. The molecule has 0 heterocycles. The number of aryl methyl sites for hydroxylation is 1. The highest BCUT2D eigenvalue weighted by Gasteiger charge is 1.99. The minimum absolute atomic E-state index is 0.699. The minimum atomic E-state index is 0.699. The first kappa shape index (κ1) is 13.1. The fourth-order valence-electron chi connectivity index (χ4n) is 2.05. The molecule has 0 saturated carbocycles. The van der Waals surface area contributed by atoms with Crippen LogP contribution in [-0.2, 0) is 6.42 Å². The second-order valence-corrected chi connectivity index (χ2v) is 4.57. The summed E-state index contributed by atoms with van der Waals surface area (Å²) in [5, 5.41) is 8.78. The molecule has 2 aromatic carbocycles. The molecule has 2 aromatic rings. The van der Waals surface area contributed by atoms with Gasteiger partial charge >= 0.3 is 0 Å². The Morgan fingerprint density at radius 2 is 1.53 bits per heavy atom. The van der Waals surface area contributed by atoms with Crippen molar-refractivity contribution in [1.29, 1.82) is 5.26 Å². The Labute approximate surface area is 114 Å². The summed E-state index contributed by atoms with van der Waals surface area (Å²) in [6.45, 7) is 3.74. The van der Waals surface area contributed by atoms with Crippen molar-refractivity contribution in [2.45, 2.75) is 19.3 Å². The van der Waals surface area contributed by atoms with E-state index >= 15 is 0 Å². The monoisotopic (exact) mass is 247 g/mol. The molecule has 0 fully saturated rings. The van der Waals surface area contributed by atoms with E-state index in [1.165, 1.54) is 11.1 Å². The van der Waals surface area contributed by atoms with Gasteiger partial charge in [0.05, 0.1) is 11.6 Å². The van der Waals surface area contributed by atoms with Gasteiger partial charge in [-0.05, 0) is 48.1 Å². The van der Waals surface area contributed by atoms with Crippen LogP contribution in [0.1, 0.15) is 24.0 Å². The average molecular weight is 247 g/mol. The van der Waals surface area contributed by atoms with Crippen LogP contribution in [0.4, 0.5) is 0 Å². The van der Waals surface area contributed by atoms with Gasteiger partial charge in [-0.3, -0.25) is 0 Å². The first-order chi connectivity index (χ1) is 9.33. The molecule has 0 aliphatic carbocycles. The summed E-state index contributed by atoms with van der Waals surface area (Å²) in [6, 6.07) is 18.5. The Kier molecular flexibility index (Phi) is 4.53. The van der Waals surface area contributed by atoms with Gasteiger partial charge in [0.25, 0.3) is 0 Å². The van der Waals surface area contributed by atoms with E-state index in [-0.39, 0.29) is 0 Å². The molecule has 0 amide bonds. The zero-order chi connectivity index (χ0) is 13.5. The predicted molar refractivity (Wildman–Crippen MR) is 79.7 cm³/mol. The van der Waals surface area contributed by atoms with Crippen LogP contribution in [0.2, 0.25) is 0 Å². The van der Waals surface area contributed by atoms with Gasteiger partial charge in [0.2, 0.25) is 0 Å². The van der Waals surface area contributed by atoms with Gasteiger partial charge in [-0.1, -0.05) is 42.5 Å². The van der Waals surface area contributed by atoms with Crippen molar-refractivity contribution >= 4 is 0 Å². The maximum absolute atomic E-state index is 8.78. The highest BCUT2D eigenvalue weighted by Crippen LogP contribution is 2.20. The number of nitrogens with zero attached hydrogens (tertiary/aromatic N) is 1. The lowest BCUT2D eigenvalue weighted by Gasteiger charge is -2.04. The van der Waals surface area contributed by atoms with Crippen molar-refractivity contribution in [3.8, 4) is 17.2 Å². The Morgan fingerprint density at radius 1 is 0.947 bits per heavy atom. The highest BCUT2D eigenvalue weighted by molar-refractivity contribution is 5.64. The summed E-state index contributed by atoms with van der Waals surface area (Å²) < 4.78 is 0. The van der Waals surface area contributed by atoms with Crippen molar-refractivity contribution in [1.82, 2.24) is 0 Å². The van der Waals surface area contributed by atoms with Crippen LogP contribution in [0.3, 0.4) is 0 Å². The van der Waals surface area contributed by atoms with Crippen LogP contribution in [0.15, 0.2) is 61.2 Å². The topological polar surface area (TPSA) is 23.8 Å². The zero-order valence-corrected chi connectivity index (χ0v) is 11.0. The van der Waals surface area contributed by atoms with Gasteiger partial charge < -0.3 is 0 Å². The van der Waals surface area contributed by atoms with Gasteiger partial charge in [0.1, 0.15) is 0 Å². The SMILES string of the molecule is C=CCCCc1ccc(-c2ccc(C#N)cc2)cc1. The number of nitriles is 1. The number of benzene rings is 2. The van der Waals surface area contributed by atoms with Crippen molar-refractivity contribution in [2.24, 2.45) is 0 Å². The largest absolute Gasteiger partial charge is 0.192 e. The number of unbranched alkanes of at least 4 members (excludes halogenated alkanes) is 1. The Morgan fingerprint density at radius 3 is 2.05 bits per heavy atom. The summed E-state index contributed by atoms with van der Waals surface area (Å²) in [5.74, 6) is 0. The first-order valence-corrected chi connectivity index (χ1v) is 6.54. The van der Waals surface area contributed by atoms with Crippen LogP contribution in [0.5, 0.6) is 0 Å². The number of hydrogen-bond acceptors (Lipinski definition) is 1. The van der Waals surface area contributed by atoms with E-state index in [0.717, 1.165) is 24.8 Å². The van der Waals surface area contributed by atoms with Gasteiger partial charge in [0, 0.05) is 0 Å². The number of hydrogen-bond donors (Lipinski definition) is 0. The highest BCUT2D eigenvalue weighted by atomic mass is 14.2. The summed E-state index contributed by atoms with van der Waals surface area (Å²) in [5.41, 5.74) is 4.40. The van der Waals surface area contributed by atoms with E-state index in [9.17, 15) is 0 Å². The quantitative estimate of drug-likeness (QED) is 0.553. The minimum Gasteiger partial charge on any atom is -0.192 e. The second kappa shape index (κ2) is 6.56. The van der Waals surface area contributed by atoms with Crippen LogP contribution in [-0.4, -0.2) is 0 Å². The van der Waals surface area contributed by atoms with E-state index in [2.05, 4.69) is 36.9 Å². The zero-order valence-electron chi connectivity index (χ0n) is 11.0. The average Bonchev–Trinajstić information content (AvgIpc) is 2.48. The molecular weight excluding hydrogens is 230 g/mol. The summed E-state index contributed by atoms with van der Waals surface area (Å²) in [4.78, 5) is 0. The summed E-state index contributed by atoms with van der Waals surface area (Å²) in [7, 11) is 0. The van der Waals surface area contributed by atoms with E-state index in [0.29, 0.717) is 5.56 Å².